The molecule has 0 bridgehead atoms. The van der Waals surface area contributed by atoms with Crippen molar-refractivity contribution in [2.75, 3.05) is 0 Å². The Balaban J connectivity index is 2.08. The highest BCUT2D eigenvalue weighted by Gasteiger charge is 2.18. The summed E-state index contributed by atoms with van der Waals surface area (Å²) in [6.45, 7) is 14.7. The highest BCUT2D eigenvalue weighted by Crippen LogP contribution is 2.24. The van der Waals surface area contributed by atoms with E-state index in [0.717, 1.165) is 23.8 Å². The lowest BCUT2D eigenvalue weighted by atomic mass is 9.93. The van der Waals surface area contributed by atoms with Crippen molar-refractivity contribution in [2.45, 2.75) is 66.1 Å². The summed E-state index contributed by atoms with van der Waals surface area (Å²) in [5.41, 5.74) is 3.75. The van der Waals surface area contributed by atoms with E-state index in [9.17, 15) is 0 Å². The minimum Gasteiger partial charge on any atom is -0.310 e. The van der Waals surface area contributed by atoms with Crippen molar-refractivity contribution < 1.29 is 0 Å². The van der Waals surface area contributed by atoms with Crippen LogP contribution in [-0.4, -0.2) is 20.8 Å². The van der Waals surface area contributed by atoms with Crippen LogP contribution in [0.15, 0.2) is 11.6 Å². The Bertz CT molecular complexity index is 590. The van der Waals surface area contributed by atoms with Crippen LogP contribution >= 0.6 is 11.3 Å². The molecule has 2 aromatic rings. The summed E-state index contributed by atoms with van der Waals surface area (Å²) in [6.07, 6.45) is 1.96. The van der Waals surface area contributed by atoms with Crippen LogP contribution in [0.4, 0.5) is 0 Å². The molecule has 2 aromatic heterocycles. The fourth-order valence-electron chi connectivity index (χ4n) is 1.99. The van der Waals surface area contributed by atoms with Gasteiger partial charge in [-0.1, -0.05) is 34.6 Å². The van der Waals surface area contributed by atoms with Crippen LogP contribution in [0.1, 0.15) is 56.6 Å². The summed E-state index contributed by atoms with van der Waals surface area (Å²) in [4.78, 5) is 4.74. The highest BCUT2D eigenvalue weighted by atomic mass is 32.1. The molecule has 4 nitrogen and oxygen atoms in total. The van der Waals surface area contributed by atoms with Crippen molar-refractivity contribution in [1.29, 1.82) is 0 Å². The standard InChI is InChI=1S/C16H26N4S/c1-11(2)17-7-13-8-18-20(12(13)3)9-15-19-14(10-21-15)16(4,5)6/h8,10-11,17H,7,9H2,1-6H3. The van der Waals surface area contributed by atoms with Gasteiger partial charge in [-0.25, -0.2) is 4.98 Å². The van der Waals surface area contributed by atoms with Crippen molar-refractivity contribution in [3.8, 4) is 0 Å². The van der Waals surface area contributed by atoms with E-state index in [4.69, 9.17) is 4.98 Å². The molecule has 0 aliphatic heterocycles. The zero-order chi connectivity index (χ0) is 15.6. The number of nitrogens with one attached hydrogen (secondary N) is 1. The van der Waals surface area contributed by atoms with Gasteiger partial charge >= 0.3 is 0 Å². The summed E-state index contributed by atoms with van der Waals surface area (Å²) >= 11 is 1.72. The van der Waals surface area contributed by atoms with Crippen LogP contribution < -0.4 is 5.32 Å². The van der Waals surface area contributed by atoms with E-state index in [-0.39, 0.29) is 5.41 Å². The highest BCUT2D eigenvalue weighted by molar-refractivity contribution is 7.09. The maximum Gasteiger partial charge on any atom is 0.114 e. The Kier molecular flexibility index (Phi) is 4.84. The first-order valence-electron chi connectivity index (χ1n) is 7.47. The van der Waals surface area contributed by atoms with E-state index in [1.54, 1.807) is 11.3 Å². The van der Waals surface area contributed by atoms with E-state index < -0.39 is 0 Å². The van der Waals surface area contributed by atoms with Crippen LogP contribution in [0.2, 0.25) is 0 Å². The van der Waals surface area contributed by atoms with E-state index in [1.807, 2.05) is 10.9 Å². The third-order valence-corrected chi connectivity index (χ3v) is 4.34. The molecule has 0 radical (unpaired) electrons. The average molecular weight is 306 g/mol. The SMILES string of the molecule is Cc1c(CNC(C)C)cnn1Cc1nc(C(C)(C)C)cs1. The summed E-state index contributed by atoms with van der Waals surface area (Å²) in [6, 6.07) is 0.487. The van der Waals surface area contributed by atoms with E-state index in [2.05, 4.69) is 57.3 Å². The van der Waals surface area contributed by atoms with Gasteiger partial charge in [-0.2, -0.15) is 5.10 Å². The van der Waals surface area contributed by atoms with Crippen LogP contribution in [-0.2, 0) is 18.5 Å². The quantitative estimate of drug-likeness (QED) is 0.919. The fraction of sp³-hybridized carbons (Fsp3) is 0.625. The van der Waals surface area contributed by atoms with Crippen LogP contribution in [0.3, 0.4) is 0 Å². The summed E-state index contributed by atoms with van der Waals surface area (Å²) in [7, 11) is 0. The van der Waals surface area contributed by atoms with Crippen LogP contribution in [0.25, 0.3) is 0 Å². The lowest BCUT2D eigenvalue weighted by molar-refractivity contribution is 0.566. The van der Waals surface area contributed by atoms with E-state index in [1.165, 1.54) is 11.3 Å². The predicted molar refractivity (Wildman–Crippen MR) is 88.9 cm³/mol. The normalized spacial score (nSPS) is 12.3. The van der Waals surface area contributed by atoms with Crippen LogP contribution in [0, 0.1) is 6.92 Å². The molecule has 0 atom stereocenters. The molecule has 2 heterocycles. The molecule has 5 heteroatoms. The van der Waals surface area contributed by atoms with Gasteiger partial charge in [-0.3, -0.25) is 4.68 Å². The molecule has 0 amide bonds. The zero-order valence-corrected chi connectivity index (χ0v) is 14.7. The van der Waals surface area contributed by atoms with E-state index in [0.29, 0.717) is 6.04 Å². The Hall–Kier alpha value is -1.20. The number of rotatable bonds is 5. The van der Waals surface area contributed by atoms with Gasteiger partial charge in [0.2, 0.25) is 0 Å². The lowest BCUT2D eigenvalue weighted by Gasteiger charge is -2.14. The van der Waals surface area contributed by atoms with E-state index >= 15 is 0 Å². The Labute approximate surface area is 131 Å². The number of hydrogen-bond donors (Lipinski definition) is 1. The van der Waals surface area contributed by atoms with Crippen LogP contribution in [0.5, 0.6) is 0 Å². The molecule has 2 rings (SSSR count). The summed E-state index contributed by atoms with van der Waals surface area (Å²) in [5.74, 6) is 0. The van der Waals surface area contributed by atoms with Crippen molar-refractivity contribution in [2.24, 2.45) is 0 Å². The molecule has 0 aromatic carbocycles. The minimum absolute atomic E-state index is 0.111. The third-order valence-electron chi connectivity index (χ3n) is 3.51. The second-order valence-corrected chi connectivity index (χ2v) is 7.77. The number of thiazole rings is 1. The van der Waals surface area contributed by atoms with Crippen molar-refractivity contribution in [3.63, 3.8) is 0 Å². The second-order valence-electron chi connectivity index (χ2n) is 6.82. The van der Waals surface area contributed by atoms with Crippen molar-refractivity contribution in [1.82, 2.24) is 20.1 Å². The van der Waals surface area contributed by atoms with Gasteiger partial charge in [0.15, 0.2) is 0 Å². The molecule has 0 aliphatic carbocycles. The topological polar surface area (TPSA) is 42.7 Å². The molecular weight excluding hydrogens is 280 g/mol. The zero-order valence-electron chi connectivity index (χ0n) is 13.9. The Morgan fingerprint density at radius 1 is 1.33 bits per heavy atom. The first kappa shape index (κ1) is 16.2. The first-order chi connectivity index (χ1) is 9.77. The third kappa shape index (κ3) is 4.14. The summed E-state index contributed by atoms with van der Waals surface area (Å²) in [5, 5.41) is 11.2. The molecule has 0 saturated carbocycles. The molecule has 0 spiro atoms. The monoisotopic (exact) mass is 306 g/mol. The maximum atomic E-state index is 4.74. The van der Waals surface area contributed by atoms with Gasteiger partial charge in [0.25, 0.3) is 0 Å². The molecule has 0 fully saturated rings. The molecule has 21 heavy (non-hydrogen) atoms. The molecule has 0 aliphatic rings. The predicted octanol–water partition coefficient (Wildman–Crippen LogP) is 3.49. The van der Waals surface area contributed by atoms with Crippen molar-refractivity contribution >= 4 is 11.3 Å². The molecule has 0 saturated heterocycles. The van der Waals surface area contributed by atoms with Crippen molar-refractivity contribution in [3.05, 3.63) is 33.5 Å². The number of nitrogens with zero attached hydrogens (tertiary/aromatic N) is 3. The smallest absolute Gasteiger partial charge is 0.114 e. The molecule has 116 valence electrons. The Morgan fingerprint density at radius 3 is 2.62 bits per heavy atom. The Morgan fingerprint density at radius 2 is 2.05 bits per heavy atom. The first-order valence-corrected chi connectivity index (χ1v) is 8.35. The maximum absolute atomic E-state index is 4.74. The molecule has 0 unspecified atom stereocenters. The largest absolute Gasteiger partial charge is 0.310 e. The summed E-state index contributed by atoms with van der Waals surface area (Å²) < 4.78 is 2.04. The molecular formula is C16H26N4S. The van der Waals surface area contributed by atoms with Gasteiger partial charge in [0, 0.05) is 34.6 Å². The lowest BCUT2D eigenvalue weighted by Crippen LogP contribution is -2.22. The van der Waals surface area contributed by atoms with Gasteiger partial charge in [-0.05, 0) is 6.92 Å². The number of hydrogen-bond acceptors (Lipinski definition) is 4. The average Bonchev–Trinajstić information content (AvgIpc) is 2.96. The fourth-order valence-corrected chi connectivity index (χ4v) is 2.99. The second kappa shape index (κ2) is 6.28. The minimum atomic E-state index is 0.111. The van der Waals surface area contributed by atoms with Gasteiger partial charge in [-0.15, -0.1) is 11.3 Å². The number of aromatic nitrogens is 3. The van der Waals surface area contributed by atoms with Gasteiger partial charge in [0.1, 0.15) is 5.01 Å². The van der Waals surface area contributed by atoms with Gasteiger partial charge < -0.3 is 5.32 Å². The molecule has 1 N–H and O–H groups in total. The van der Waals surface area contributed by atoms with Gasteiger partial charge in [0.05, 0.1) is 18.4 Å².